The van der Waals surface area contributed by atoms with E-state index in [9.17, 15) is 9.65 Å². The first-order chi connectivity index (χ1) is 12.2. The first kappa shape index (κ1) is 16.0. The number of halogens is 1. The fourth-order valence-corrected chi connectivity index (χ4v) is 3.87. The zero-order chi connectivity index (χ0) is 17.4. The maximum Gasteiger partial charge on any atom is 0.156 e. The summed E-state index contributed by atoms with van der Waals surface area (Å²) in [5.41, 5.74) is 0.788. The molecular weight excluding hydrogens is 321 g/mol. The van der Waals surface area contributed by atoms with E-state index in [0.717, 1.165) is 12.4 Å². The largest absolute Gasteiger partial charge is 0.377 e. The Morgan fingerprint density at radius 2 is 2.24 bits per heavy atom. The van der Waals surface area contributed by atoms with Crippen LogP contribution in [-0.4, -0.2) is 35.4 Å². The molecule has 6 nitrogen and oxygen atoms in total. The van der Waals surface area contributed by atoms with Crippen LogP contribution in [0.25, 0.3) is 0 Å². The van der Waals surface area contributed by atoms with E-state index in [1.807, 2.05) is 12.1 Å². The number of benzene rings is 1. The molecule has 1 aliphatic heterocycles. The van der Waals surface area contributed by atoms with Gasteiger partial charge in [0, 0.05) is 26.1 Å². The van der Waals surface area contributed by atoms with Crippen LogP contribution in [0.1, 0.15) is 36.0 Å². The van der Waals surface area contributed by atoms with Crippen LogP contribution in [0.5, 0.6) is 0 Å². The van der Waals surface area contributed by atoms with E-state index in [1.54, 1.807) is 13.2 Å². The molecule has 0 amide bonds. The summed E-state index contributed by atoms with van der Waals surface area (Å²) in [6.07, 6.45) is 2.44. The number of methoxy groups -OCH3 is 1. The lowest BCUT2D eigenvalue weighted by Crippen LogP contribution is -2.21. The summed E-state index contributed by atoms with van der Waals surface area (Å²) in [5.74, 6) is 2.32. The third kappa shape index (κ3) is 2.98. The fourth-order valence-electron chi connectivity index (χ4n) is 3.87. The molecule has 2 aliphatic rings. The number of nitrogens with zero attached hydrogens (tertiary/aromatic N) is 4. The summed E-state index contributed by atoms with van der Waals surface area (Å²) in [6, 6.07) is 6.82. The predicted octanol–water partition coefficient (Wildman–Crippen LogP) is 2.59. The SMILES string of the molecule is COCc1nc([C@H]2CN(c3cccc(F)c3C#N)C[C@@H]2C2CC2)n[nH]1. The van der Waals surface area contributed by atoms with Gasteiger partial charge in [-0.25, -0.2) is 9.37 Å². The van der Waals surface area contributed by atoms with Crippen LogP contribution in [0.2, 0.25) is 0 Å². The van der Waals surface area contributed by atoms with Crippen LogP contribution in [-0.2, 0) is 11.3 Å². The Bertz CT molecular complexity index is 810. The Morgan fingerprint density at radius 3 is 2.96 bits per heavy atom. The Kier molecular flexibility index (Phi) is 4.14. The first-order valence-electron chi connectivity index (χ1n) is 8.55. The highest BCUT2D eigenvalue weighted by molar-refractivity contribution is 5.61. The normalized spacial score (nSPS) is 23.0. The van der Waals surface area contributed by atoms with Crippen molar-refractivity contribution < 1.29 is 9.13 Å². The minimum Gasteiger partial charge on any atom is -0.377 e. The van der Waals surface area contributed by atoms with E-state index in [0.29, 0.717) is 36.5 Å². The van der Waals surface area contributed by atoms with Crippen molar-refractivity contribution in [2.24, 2.45) is 11.8 Å². The lowest BCUT2D eigenvalue weighted by atomic mass is 9.91. The van der Waals surface area contributed by atoms with Gasteiger partial charge in [-0.1, -0.05) is 6.07 Å². The van der Waals surface area contributed by atoms with Gasteiger partial charge in [0.25, 0.3) is 0 Å². The van der Waals surface area contributed by atoms with Crippen molar-refractivity contribution in [2.45, 2.75) is 25.4 Å². The minimum absolute atomic E-state index is 0.118. The number of hydrogen-bond donors (Lipinski definition) is 1. The van der Waals surface area contributed by atoms with E-state index in [1.165, 1.54) is 18.9 Å². The molecule has 1 aromatic carbocycles. The van der Waals surface area contributed by atoms with Crippen molar-refractivity contribution in [3.63, 3.8) is 0 Å². The molecule has 1 aliphatic carbocycles. The monoisotopic (exact) mass is 341 g/mol. The number of aromatic amines is 1. The molecule has 2 heterocycles. The zero-order valence-electron chi connectivity index (χ0n) is 14.1. The third-order valence-electron chi connectivity index (χ3n) is 5.20. The summed E-state index contributed by atoms with van der Waals surface area (Å²) in [7, 11) is 1.62. The van der Waals surface area contributed by atoms with Gasteiger partial charge in [-0.15, -0.1) is 0 Å². The standard InChI is InChI=1S/C18H20FN5O/c1-25-10-17-21-18(23-22-17)14-9-24(8-13(14)11-5-6-11)16-4-2-3-15(19)12(16)7-20/h2-4,11,13-14H,5-6,8-10H2,1H3,(H,21,22,23)/t13-,14+/m1/s1. The summed E-state index contributed by atoms with van der Waals surface area (Å²) >= 11 is 0. The van der Waals surface area contributed by atoms with Crippen molar-refractivity contribution in [1.29, 1.82) is 5.26 Å². The van der Waals surface area contributed by atoms with Crippen molar-refractivity contribution >= 4 is 5.69 Å². The van der Waals surface area contributed by atoms with Crippen LogP contribution < -0.4 is 4.90 Å². The molecule has 7 heteroatoms. The number of H-pyrrole nitrogens is 1. The van der Waals surface area contributed by atoms with Gasteiger partial charge in [0.1, 0.15) is 24.1 Å². The summed E-state index contributed by atoms with van der Waals surface area (Å²) in [6.45, 7) is 1.91. The van der Waals surface area contributed by atoms with Gasteiger partial charge in [-0.2, -0.15) is 10.4 Å². The molecule has 4 rings (SSSR count). The molecule has 25 heavy (non-hydrogen) atoms. The molecule has 1 aromatic heterocycles. The molecule has 1 saturated heterocycles. The average Bonchev–Trinajstić information content (AvgIpc) is 3.19. The second kappa shape index (κ2) is 6.45. The molecule has 1 saturated carbocycles. The van der Waals surface area contributed by atoms with Gasteiger partial charge in [0.05, 0.1) is 5.69 Å². The topological polar surface area (TPSA) is 77.8 Å². The first-order valence-corrected chi connectivity index (χ1v) is 8.55. The van der Waals surface area contributed by atoms with Gasteiger partial charge in [0.2, 0.25) is 0 Å². The Morgan fingerprint density at radius 1 is 1.40 bits per heavy atom. The molecule has 0 spiro atoms. The molecule has 0 bridgehead atoms. The van der Waals surface area contributed by atoms with Crippen LogP contribution in [0.4, 0.5) is 10.1 Å². The highest BCUT2D eigenvalue weighted by Crippen LogP contribution is 2.48. The Balaban J connectivity index is 1.63. The Hall–Kier alpha value is -2.46. The maximum atomic E-state index is 14.0. The lowest BCUT2D eigenvalue weighted by molar-refractivity contribution is 0.178. The number of aromatic nitrogens is 3. The van der Waals surface area contributed by atoms with Crippen LogP contribution >= 0.6 is 0 Å². The van der Waals surface area contributed by atoms with E-state index in [4.69, 9.17) is 4.74 Å². The number of hydrogen-bond acceptors (Lipinski definition) is 5. The quantitative estimate of drug-likeness (QED) is 0.904. The summed E-state index contributed by atoms with van der Waals surface area (Å²) in [4.78, 5) is 6.69. The third-order valence-corrected chi connectivity index (χ3v) is 5.20. The van der Waals surface area contributed by atoms with Crippen LogP contribution in [0.15, 0.2) is 18.2 Å². The van der Waals surface area contributed by atoms with Crippen LogP contribution in [0.3, 0.4) is 0 Å². The zero-order valence-corrected chi connectivity index (χ0v) is 14.1. The maximum absolute atomic E-state index is 14.0. The molecule has 0 unspecified atom stereocenters. The van der Waals surface area contributed by atoms with Gasteiger partial charge < -0.3 is 9.64 Å². The van der Waals surface area contributed by atoms with E-state index >= 15 is 0 Å². The van der Waals surface area contributed by atoms with Crippen molar-refractivity contribution in [1.82, 2.24) is 15.2 Å². The van der Waals surface area contributed by atoms with Crippen molar-refractivity contribution in [2.75, 3.05) is 25.1 Å². The molecular formula is C18H20FN5O. The van der Waals surface area contributed by atoms with E-state index in [2.05, 4.69) is 20.1 Å². The number of rotatable bonds is 5. The second-order valence-electron chi connectivity index (χ2n) is 6.83. The van der Waals surface area contributed by atoms with Gasteiger partial charge in [-0.3, -0.25) is 5.10 Å². The molecule has 0 radical (unpaired) electrons. The molecule has 130 valence electrons. The number of nitriles is 1. The van der Waals surface area contributed by atoms with E-state index in [-0.39, 0.29) is 11.5 Å². The fraction of sp³-hybridized carbons (Fsp3) is 0.500. The highest BCUT2D eigenvalue weighted by Gasteiger charge is 2.45. The number of ether oxygens (including phenoxy) is 1. The predicted molar refractivity (Wildman–Crippen MR) is 89.4 cm³/mol. The van der Waals surface area contributed by atoms with Gasteiger partial charge in [-0.05, 0) is 36.8 Å². The smallest absolute Gasteiger partial charge is 0.156 e. The van der Waals surface area contributed by atoms with Gasteiger partial charge in [0.15, 0.2) is 11.6 Å². The highest BCUT2D eigenvalue weighted by atomic mass is 19.1. The molecule has 2 atom stereocenters. The van der Waals surface area contributed by atoms with Crippen molar-refractivity contribution in [3.8, 4) is 6.07 Å². The van der Waals surface area contributed by atoms with Gasteiger partial charge >= 0.3 is 0 Å². The molecule has 2 fully saturated rings. The number of nitrogens with one attached hydrogen (secondary N) is 1. The van der Waals surface area contributed by atoms with Crippen LogP contribution in [0, 0.1) is 29.0 Å². The minimum atomic E-state index is -0.466. The Labute approximate surface area is 145 Å². The average molecular weight is 341 g/mol. The molecule has 1 N–H and O–H groups in total. The van der Waals surface area contributed by atoms with E-state index < -0.39 is 5.82 Å². The summed E-state index contributed by atoms with van der Waals surface area (Å²) in [5, 5.41) is 16.6. The number of anilines is 1. The summed E-state index contributed by atoms with van der Waals surface area (Å²) < 4.78 is 19.1. The second-order valence-corrected chi connectivity index (χ2v) is 6.83. The van der Waals surface area contributed by atoms with Crippen molar-refractivity contribution in [3.05, 3.63) is 41.2 Å². The molecule has 2 aromatic rings. The lowest BCUT2D eigenvalue weighted by Gasteiger charge is -2.20.